The summed E-state index contributed by atoms with van der Waals surface area (Å²) in [6, 6.07) is 1.16. The zero-order valence-corrected chi connectivity index (χ0v) is 7.68. The van der Waals surface area contributed by atoms with Gasteiger partial charge in [0.05, 0.1) is 5.56 Å². The highest BCUT2D eigenvalue weighted by Crippen LogP contribution is 2.25. The molecule has 0 amide bonds. The lowest BCUT2D eigenvalue weighted by atomic mass is 9.98. The standard InChI is InChI=1S/C8H9NO5/c1-8(2,9(12)13)5-3-6(7(10)11)14-4-5/h3-4H,1-2H3,(H,10,11). The first-order valence-electron chi connectivity index (χ1n) is 3.82. The Hall–Kier alpha value is -1.85. The average molecular weight is 199 g/mol. The molecule has 1 N–H and O–H groups in total. The molecule has 0 bridgehead atoms. The van der Waals surface area contributed by atoms with E-state index in [2.05, 4.69) is 4.42 Å². The average Bonchev–Trinajstić information content (AvgIpc) is 2.51. The molecule has 0 spiro atoms. The van der Waals surface area contributed by atoms with Crippen molar-refractivity contribution < 1.29 is 19.2 Å². The Morgan fingerprint density at radius 3 is 2.57 bits per heavy atom. The van der Waals surface area contributed by atoms with Crippen molar-refractivity contribution in [1.82, 2.24) is 0 Å². The van der Waals surface area contributed by atoms with E-state index in [1.807, 2.05) is 0 Å². The van der Waals surface area contributed by atoms with Gasteiger partial charge in [-0.25, -0.2) is 4.79 Å². The highest BCUT2D eigenvalue weighted by Gasteiger charge is 2.35. The third-order valence-electron chi connectivity index (χ3n) is 1.97. The molecular weight excluding hydrogens is 190 g/mol. The van der Waals surface area contributed by atoms with Crippen LogP contribution in [0.4, 0.5) is 0 Å². The molecule has 1 heterocycles. The summed E-state index contributed by atoms with van der Waals surface area (Å²) in [6.07, 6.45) is 1.09. The van der Waals surface area contributed by atoms with Crippen molar-refractivity contribution in [2.24, 2.45) is 0 Å². The molecule has 0 atom stereocenters. The molecule has 0 fully saturated rings. The Bertz CT molecular complexity index is 379. The number of aromatic carboxylic acids is 1. The Morgan fingerprint density at radius 2 is 2.21 bits per heavy atom. The summed E-state index contributed by atoms with van der Waals surface area (Å²) >= 11 is 0. The number of furan rings is 1. The van der Waals surface area contributed by atoms with E-state index in [0.717, 1.165) is 12.3 Å². The molecule has 0 aliphatic rings. The van der Waals surface area contributed by atoms with Gasteiger partial charge in [-0.2, -0.15) is 0 Å². The van der Waals surface area contributed by atoms with Crippen LogP contribution < -0.4 is 0 Å². The summed E-state index contributed by atoms with van der Waals surface area (Å²) in [5.41, 5.74) is -1.10. The maximum atomic E-state index is 10.6. The number of rotatable bonds is 3. The zero-order chi connectivity index (χ0) is 10.9. The van der Waals surface area contributed by atoms with Crippen molar-refractivity contribution in [3.8, 4) is 0 Å². The minimum absolute atomic E-state index is 0.236. The lowest BCUT2D eigenvalue weighted by Crippen LogP contribution is -2.27. The fraction of sp³-hybridized carbons (Fsp3) is 0.375. The number of hydrogen-bond donors (Lipinski definition) is 1. The van der Waals surface area contributed by atoms with Crippen molar-refractivity contribution in [3.63, 3.8) is 0 Å². The third kappa shape index (κ3) is 1.59. The second kappa shape index (κ2) is 3.13. The van der Waals surface area contributed by atoms with Crippen LogP contribution in [0.5, 0.6) is 0 Å². The number of carboxylic acid groups (broad SMARTS) is 1. The number of carboxylic acids is 1. The predicted octanol–water partition coefficient (Wildman–Crippen LogP) is 1.49. The minimum Gasteiger partial charge on any atom is -0.475 e. The van der Waals surface area contributed by atoms with Gasteiger partial charge in [0, 0.05) is 24.8 Å². The van der Waals surface area contributed by atoms with Gasteiger partial charge in [-0.1, -0.05) is 0 Å². The van der Waals surface area contributed by atoms with Crippen molar-refractivity contribution in [2.45, 2.75) is 19.4 Å². The van der Waals surface area contributed by atoms with Crippen LogP contribution in [0.15, 0.2) is 16.7 Å². The van der Waals surface area contributed by atoms with Gasteiger partial charge in [0.15, 0.2) is 0 Å². The summed E-state index contributed by atoms with van der Waals surface area (Å²) in [5.74, 6) is -1.54. The monoisotopic (exact) mass is 199 g/mol. The first-order valence-corrected chi connectivity index (χ1v) is 3.82. The van der Waals surface area contributed by atoms with Crippen LogP contribution in [0.2, 0.25) is 0 Å². The smallest absolute Gasteiger partial charge is 0.371 e. The minimum atomic E-state index is -1.34. The topological polar surface area (TPSA) is 93.6 Å². The zero-order valence-electron chi connectivity index (χ0n) is 7.68. The quantitative estimate of drug-likeness (QED) is 0.587. The van der Waals surface area contributed by atoms with Crippen LogP contribution in [-0.4, -0.2) is 16.0 Å². The molecule has 6 heteroatoms. The molecule has 1 aromatic rings. The van der Waals surface area contributed by atoms with Gasteiger partial charge in [-0.3, -0.25) is 10.1 Å². The van der Waals surface area contributed by atoms with E-state index in [-0.39, 0.29) is 11.3 Å². The van der Waals surface area contributed by atoms with Crippen LogP contribution in [0, 0.1) is 10.1 Å². The highest BCUT2D eigenvalue weighted by molar-refractivity contribution is 5.84. The van der Waals surface area contributed by atoms with E-state index in [1.54, 1.807) is 0 Å². The molecule has 0 aliphatic carbocycles. The Labute approximate surface area is 79.3 Å². The highest BCUT2D eigenvalue weighted by atomic mass is 16.6. The third-order valence-corrected chi connectivity index (χ3v) is 1.97. The number of nitrogens with zero attached hydrogens (tertiary/aromatic N) is 1. The van der Waals surface area contributed by atoms with Crippen molar-refractivity contribution in [2.75, 3.05) is 0 Å². The lowest BCUT2D eigenvalue weighted by Gasteiger charge is -2.12. The summed E-state index contributed by atoms with van der Waals surface area (Å²) in [5, 5.41) is 19.2. The Kier molecular flexibility index (Phi) is 2.29. The molecule has 0 unspecified atom stereocenters. The SMILES string of the molecule is CC(C)(c1coc(C(=O)O)c1)[N+](=O)[O-]. The van der Waals surface area contributed by atoms with Gasteiger partial charge in [0.2, 0.25) is 11.3 Å². The molecule has 1 rings (SSSR count). The molecule has 6 nitrogen and oxygen atoms in total. The molecular formula is C8H9NO5. The van der Waals surface area contributed by atoms with Gasteiger partial charge in [0.25, 0.3) is 0 Å². The van der Waals surface area contributed by atoms with Gasteiger partial charge in [-0.05, 0) is 0 Å². The fourth-order valence-electron chi connectivity index (χ4n) is 0.875. The van der Waals surface area contributed by atoms with E-state index < -0.39 is 16.4 Å². The maximum absolute atomic E-state index is 10.6. The molecule has 0 aromatic carbocycles. The van der Waals surface area contributed by atoms with E-state index in [9.17, 15) is 14.9 Å². The summed E-state index contributed by atoms with van der Waals surface area (Å²) in [6.45, 7) is 2.76. The largest absolute Gasteiger partial charge is 0.475 e. The van der Waals surface area contributed by atoms with E-state index >= 15 is 0 Å². The van der Waals surface area contributed by atoms with Crippen LogP contribution in [0.1, 0.15) is 30.0 Å². The van der Waals surface area contributed by atoms with Crippen molar-refractivity contribution >= 4 is 5.97 Å². The molecule has 76 valence electrons. The van der Waals surface area contributed by atoms with Gasteiger partial charge >= 0.3 is 5.97 Å². The van der Waals surface area contributed by atoms with Gasteiger partial charge in [0.1, 0.15) is 6.26 Å². The van der Waals surface area contributed by atoms with Crippen molar-refractivity contribution in [3.05, 3.63) is 33.8 Å². The molecule has 0 aliphatic heterocycles. The van der Waals surface area contributed by atoms with E-state index in [1.165, 1.54) is 13.8 Å². The summed E-state index contributed by atoms with van der Waals surface area (Å²) < 4.78 is 4.66. The Morgan fingerprint density at radius 1 is 1.64 bits per heavy atom. The Balaban J connectivity index is 3.09. The number of carbonyl (C=O) groups is 1. The predicted molar refractivity (Wildman–Crippen MR) is 45.7 cm³/mol. The molecule has 0 saturated carbocycles. The first-order chi connectivity index (χ1) is 6.35. The van der Waals surface area contributed by atoms with Crippen molar-refractivity contribution in [1.29, 1.82) is 0 Å². The summed E-state index contributed by atoms with van der Waals surface area (Å²) in [7, 11) is 0. The summed E-state index contributed by atoms with van der Waals surface area (Å²) in [4.78, 5) is 20.6. The lowest BCUT2D eigenvalue weighted by molar-refractivity contribution is -0.569. The molecule has 14 heavy (non-hydrogen) atoms. The normalized spacial score (nSPS) is 11.3. The van der Waals surface area contributed by atoms with Crippen LogP contribution in [0.3, 0.4) is 0 Å². The van der Waals surface area contributed by atoms with Crippen LogP contribution >= 0.6 is 0 Å². The fourth-order valence-corrected chi connectivity index (χ4v) is 0.875. The van der Waals surface area contributed by atoms with Gasteiger partial charge in [-0.15, -0.1) is 0 Å². The number of nitro groups is 1. The first kappa shape index (κ1) is 10.2. The second-order valence-electron chi connectivity index (χ2n) is 3.32. The van der Waals surface area contributed by atoms with Crippen LogP contribution in [0.25, 0.3) is 0 Å². The maximum Gasteiger partial charge on any atom is 0.371 e. The molecule has 0 radical (unpaired) electrons. The second-order valence-corrected chi connectivity index (χ2v) is 3.32. The van der Waals surface area contributed by atoms with Gasteiger partial charge < -0.3 is 9.52 Å². The molecule has 1 aromatic heterocycles. The van der Waals surface area contributed by atoms with E-state index in [4.69, 9.17) is 5.11 Å². The molecule has 0 saturated heterocycles. The van der Waals surface area contributed by atoms with Crippen LogP contribution in [-0.2, 0) is 5.54 Å². The van der Waals surface area contributed by atoms with E-state index in [0.29, 0.717) is 0 Å². The number of hydrogen-bond acceptors (Lipinski definition) is 4.